The second-order valence-electron chi connectivity index (χ2n) is 5.92. The maximum atomic E-state index is 4.71. The van der Waals surface area contributed by atoms with Gasteiger partial charge < -0.3 is 10.2 Å². The summed E-state index contributed by atoms with van der Waals surface area (Å²) in [6.45, 7) is 0.697. The molecule has 126 valence electrons. The summed E-state index contributed by atoms with van der Waals surface area (Å²) < 4.78 is 1.83. The van der Waals surface area contributed by atoms with Crippen molar-refractivity contribution in [3.63, 3.8) is 0 Å². The third-order valence-electron chi connectivity index (χ3n) is 3.87. The van der Waals surface area contributed by atoms with Crippen LogP contribution in [-0.4, -0.2) is 33.7 Å². The average Bonchev–Trinajstić information content (AvgIpc) is 3.19. The first-order valence-corrected chi connectivity index (χ1v) is 8.77. The van der Waals surface area contributed by atoms with E-state index in [1.165, 1.54) is 0 Å². The van der Waals surface area contributed by atoms with Crippen molar-refractivity contribution in [1.82, 2.24) is 19.6 Å². The second kappa shape index (κ2) is 6.52. The van der Waals surface area contributed by atoms with Crippen LogP contribution in [0.15, 0.2) is 55.0 Å². The summed E-state index contributed by atoms with van der Waals surface area (Å²) in [5.41, 5.74) is 4.30. The number of imidazole rings is 1. The van der Waals surface area contributed by atoms with Crippen molar-refractivity contribution in [2.75, 3.05) is 24.3 Å². The van der Waals surface area contributed by atoms with Crippen LogP contribution in [0, 0.1) is 0 Å². The third-order valence-corrected chi connectivity index (χ3v) is 4.75. The predicted molar refractivity (Wildman–Crippen MR) is 102 cm³/mol. The fraction of sp³-hybridized carbons (Fsp3) is 0.167. The standard InChI is InChI=1S/C18H18N6S/c1-23(2)15-7-3-6-14(9-15)16-12-24-18(21-16)25-17(22-24)20-11-13-5-4-8-19-10-13/h3-10,12H,11H2,1-2H3,(H,20,22). The molecule has 0 aliphatic rings. The molecule has 4 rings (SSSR count). The Hall–Kier alpha value is -2.93. The van der Waals surface area contributed by atoms with Gasteiger partial charge in [0.1, 0.15) is 0 Å². The molecule has 1 aromatic carbocycles. The van der Waals surface area contributed by atoms with Crippen LogP contribution in [-0.2, 0) is 6.54 Å². The highest BCUT2D eigenvalue weighted by Gasteiger charge is 2.10. The number of hydrogen-bond acceptors (Lipinski definition) is 6. The number of nitrogens with zero attached hydrogens (tertiary/aromatic N) is 5. The van der Waals surface area contributed by atoms with Gasteiger partial charge in [-0.1, -0.05) is 29.5 Å². The molecule has 0 spiro atoms. The summed E-state index contributed by atoms with van der Waals surface area (Å²) in [5.74, 6) is 0. The lowest BCUT2D eigenvalue weighted by Crippen LogP contribution is -2.08. The Kier molecular flexibility index (Phi) is 4.07. The lowest BCUT2D eigenvalue weighted by Gasteiger charge is -2.12. The maximum absolute atomic E-state index is 4.71. The number of aromatic nitrogens is 4. The summed E-state index contributed by atoms with van der Waals surface area (Å²) in [5, 5.41) is 8.73. The van der Waals surface area contributed by atoms with E-state index in [0.717, 1.165) is 32.6 Å². The largest absolute Gasteiger partial charge is 0.378 e. The van der Waals surface area contributed by atoms with Gasteiger partial charge in [-0.15, -0.1) is 5.10 Å². The van der Waals surface area contributed by atoms with Gasteiger partial charge in [0.15, 0.2) is 0 Å². The minimum absolute atomic E-state index is 0.697. The first kappa shape index (κ1) is 15.6. The lowest BCUT2D eigenvalue weighted by molar-refractivity contribution is 0.961. The van der Waals surface area contributed by atoms with Gasteiger partial charge >= 0.3 is 0 Å². The average molecular weight is 350 g/mol. The molecule has 1 N–H and O–H groups in total. The van der Waals surface area contributed by atoms with Crippen LogP contribution in [0.25, 0.3) is 16.2 Å². The molecule has 6 nitrogen and oxygen atoms in total. The fourth-order valence-electron chi connectivity index (χ4n) is 2.53. The quantitative estimate of drug-likeness (QED) is 0.597. The van der Waals surface area contributed by atoms with Crippen molar-refractivity contribution in [2.24, 2.45) is 0 Å². The van der Waals surface area contributed by atoms with E-state index < -0.39 is 0 Å². The summed E-state index contributed by atoms with van der Waals surface area (Å²) in [4.78, 5) is 11.8. The van der Waals surface area contributed by atoms with Crippen LogP contribution in [0.2, 0.25) is 0 Å². The zero-order chi connectivity index (χ0) is 17.2. The second-order valence-corrected chi connectivity index (χ2v) is 6.88. The monoisotopic (exact) mass is 350 g/mol. The summed E-state index contributed by atoms with van der Waals surface area (Å²) in [6.07, 6.45) is 5.59. The summed E-state index contributed by atoms with van der Waals surface area (Å²) in [7, 11) is 4.07. The van der Waals surface area contributed by atoms with E-state index in [1.807, 2.05) is 49.2 Å². The molecule has 0 saturated heterocycles. The van der Waals surface area contributed by atoms with Crippen molar-refractivity contribution in [3.05, 3.63) is 60.6 Å². The normalized spacial score (nSPS) is 11.0. The number of hydrogen-bond donors (Lipinski definition) is 1. The van der Waals surface area contributed by atoms with Crippen LogP contribution in [0.1, 0.15) is 5.56 Å². The van der Waals surface area contributed by atoms with Gasteiger partial charge in [-0.25, -0.2) is 9.50 Å². The number of benzene rings is 1. The highest BCUT2D eigenvalue weighted by Crippen LogP contribution is 2.26. The molecular formula is C18H18N6S. The topological polar surface area (TPSA) is 58.4 Å². The zero-order valence-electron chi connectivity index (χ0n) is 14.0. The van der Waals surface area contributed by atoms with E-state index in [4.69, 9.17) is 4.98 Å². The first-order chi connectivity index (χ1) is 12.2. The number of rotatable bonds is 5. The Balaban J connectivity index is 1.54. The molecule has 7 heteroatoms. The summed E-state index contributed by atoms with van der Waals surface area (Å²) >= 11 is 1.54. The number of fused-ring (bicyclic) bond motifs is 1. The van der Waals surface area contributed by atoms with Crippen molar-refractivity contribution in [3.8, 4) is 11.3 Å². The van der Waals surface area contributed by atoms with Gasteiger partial charge in [0, 0.05) is 44.3 Å². The third kappa shape index (κ3) is 3.32. The van der Waals surface area contributed by atoms with Gasteiger partial charge in [-0.3, -0.25) is 4.98 Å². The van der Waals surface area contributed by atoms with E-state index in [9.17, 15) is 0 Å². The van der Waals surface area contributed by atoms with Crippen molar-refractivity contribution < 1.29 is 0 Å². The van der Waals surface area contributed by atoms with Gasteiger partial charge in [-0.2, -0.15) is 0 Å². The fourth-order valence-corrected chi connectivity index (χ4v) is 3.31. The Labute approximate surface area is 149 Å². The smallest absolute Gasteiger partial charge is 0.214 e. The molecule has 0 atom stereocenters. The molecular weight excluding hydrogens is 332 g/mol. The number of anilines is 2. The summed E-state index contributed by atoms with van der Waals surface area (Å²) in [6, 6.07) is 12.3. The van der Waals surface area contributed by atoms with Crippen molar-refractivity contribution in [2.45, 2.75) is 6.54 Å². The van der Waals surface area contributed by atoms with Gasteiger partial charge in [0.25, 0.3) is 0 Å². The molecule has 25 heavy (non-hydrogen) atoms. The predicted octanol–water partition coefficient (Wildman–Crippen LogP) is 3.53. The minimum Gasteiger partial charge on any atom is -0.378 e. The highest BCUT2D eigenvalue weighted by atomic mass is 32.1. The van der Waals surface area contributed by atoms with Crippen LogP contribution in [0.4, 0.5) is 10.8 Å². The Morgan fingerprint density at radius 2 is 2.12 bits per heavy atom. The van der Waals surface area contributed by atoms with E-state index in [-0.39, 0.29) is 0 Å². The Morgan fingerprint density at radius 3 is 2.88 bits per heavy atom. The molecule has 0 unspecified atom stereocenters. The van der Waals surface area contributed by atoms with Crippen LogP contribution >= 0.6 is 11.3 Å². The number of nitrogens with one attached hydrogen (secondary N) is 1. The molecule has 0 amide bonds. The lowest BCUT2D eigenvalue weighted by atomic mass is 10.1. The molecule has 0 fully saturated rings. The molecule has 0 bridgehead atoms. The van der Waals surface area contributed by atoms with E-state index in [2.05, 4.69) is 38.5 Å². The highest BCUT2D eigenvalue weighted by molar-refractivity contribution is 7.20. The van der Waals surface area contributed by atoms with E-state index in [0.29, 0.717) is 6.54 Å². The SMILES string of the molecule is CN(C)c1cccc(-c2cn3nc(NCc4cccnc4)sc3n2)c1. The van der Waals surface area contributed by atoms with E-state index in [1.54, 1.807) is 17.5 Å². The molecule has 0 saturated carbocycles. The number of pyridine rings is 1. The zero-order valence-corrected chi connectivity index (χ0v) is 14.9. The molecule has 0 radical (unpaired) electrons. The van der Waals surface area contributed by atoms with Crippen molar-refractivity contribution >= 4 is 27.1 Å². The molecule has 0 aliphatic heterocycles. The van der Waals surface area contributed by atoms with Gasteiger partial charge in [0.2, 0.25) is 10.1 Å². The van der Waals surface area contributed by atoms with Gasteiger partial charge in [0.05, 0.1) is 11.9 Å². The Bertz CT molecular complexity index is 958. The van der Waals surface area contributed by atoms with Crippen LogP contribution in [0.5, 0.6) is 0 Å². The Morgan fingerprint density at radius 1 is 1.20 bits per heavy atom. The van der Waals surface area contributed by atoms with Crippen molar-refractivity contribution in [1.29, 1.82) is 0 Å². The molecule has 3 aromatic heterocycles. The van der Waals surface area contributed by atoms with Crippen LogP contribution < -0.4 is 10.2 Å². The molecule has 0 aliphatic carbocycles. The van der Waals surface area contributed by atoms with E-state index >= 15 is 0 Å². The molecule has 4 aromatic rings. The first-order valence-electron chi connectivity index (χ1n) is 7.96. The van der Waals surface area contributed by atoms with Crippen LogP contribution in [0.3, 0.4) is 0 Å². The molecule has 3 heterocycles. The van der Waals surface area contributed by atoms with Gasteiger partial charge in [-0.05, 0) is 23.8 Å². The maximum Gasteiger partial charge on any atom is 0.214 e. The minimum atomic E-state index is 0.697.